The SMILES string of the molecule is CC(C[n+]1ccccc1)(c1ccccc1)c1ccccc1. The molecule has 0 radical (unpaired) electrons. The molecule has 1 heterocycles. The molecule has 0 unspecified atom stereocenters. The Hall–Kier alpha value is -2.41. The molecule has 0 fully saturated rings. The van der Waals surface area contributed by atoms with Crippen LogP contribution in [0.5, 0.6) is 0 Å². The molecule has 0 aliphatic carbocycles. The molecule has 0 aliphatic heterocycles. The van der Waals surface area contributed by atoms with Gasteiger partial charge in [-0.1, -0.05) is 66.7 Å². The molecular formula is C20H20N+. The topological polar surface area (TPSA) is 3.88 Å². The Kier molecular flexibility index (Phi) is 3.83. The predicted octanol–water partition coefficient (Wildman–Crippen LogP) is 3.98. The van der Waals surface area contributed by atoms with Crippen molar-refractivity contribution in [3.05, 3.63) is 102 Å². The highest BCUT2D eigenvalue weighted by molar-refractivity contribution is 5.37. The van der Waals surface area contributed by atoms with Gasteiger partial charge in [0.05, 0.1) is 5.41 Å². The van der Waals surface area contributed by atoms with Crippen LogP contribution in [0.3, 0.4) is 0 Å². The van der Waals surface area contributed by atoms with Crippen LogP contribution in [0.2, 0.25) is 0 Å². The summed E-state index contributed by atoms with van der Waals surface area (Å²) in [7, 11) is 0. The fourth-order valence-electron chi connectivity index (χ4n) is 2.87. The van der Waals surface area contributed by atoms with Gasteiger partial charge in [0, 0.05) is 12.1 Å². The quantitative estimate of drug-likeness (QED) is 0.634. The van der Waals surface area contributed by atoms with Crippen molar-refractivity contribution in [1.82, 2.24) is 0 Å². The number of hydrogen-bond acceptors (Lipinski definition) is 0. The lowest BCUT2D eigenvalue weighted by molar-refractivity contribution is -0.703. The fourth-order valence-corrected chi connectivity index (χ4v) is 2.87. The zero-order valence-corrected chi connectivity index (χ0v) is 12.3. The standard InChI is InChI=1S/C20H20N/c1-20(18-11-5-2-6-12-18,19-13-7-3-8-14-19)17-21-15-9-4-10-16-21/h2-16H,17H2,1H3/q+1. The second-order valence-electron chi connectivity index (χ2n) is 5.61. The van der Waals surface area contributed by atoms with E-state index < -0.39 is 0 Å². The van der Waals surface area contributed by atoms with E-state index in [1.807, 2.05) is 0 Å². The van der Waals surface area contributed by atoms with Crippen molar-refractivity contribution in [1.29, 1.82) is 0 Å². The van der Waals surface area contributed by atoms with E-state index in [2.05, 4.69) is 103 Å². The molecule has 1 aromatic heterocycles. The summed E-state index contributed by atoms with van der Waals surface area (Å²) in [6, 6.07) is 27.7. The van der Waals surface area contributed by atoms with Gasteiger partial charge in [-0.2, -0.15) is 0 Å². The number of hydrogen-bond donors (Lipinski definition) is 0. The van der Waals surface area contributed by atoms with Gasteiger partial charge in [-0.15, -0.1) is 0 Å². The van der Waals surface area contributed by atoms with E-state index in [1.54, 1.807) is 0 Å². The summed E-state index contributed by atoms with van der Waals surface area (Å²) in [4.78, 5) is 0. The largest absolute Gasteiger partial charge is 0.204 e. The van der Waals surface area contributed by atoms with Crippen LogP contribution >= 0.6 is 0 Å². The summed E-state index contributed by atoms with van der Waals surface area (Å²) in [5.74, 6) is 0. The Morgan fingerprint density at radius 2 is 1.10 bits per heavy atom. The normalized spacial score (nSPS) is 11.3. The van der Waals surface area contributed by atoms with Gasteiger partial charge in [0.2, 0.25) is 0 Å². The van der Waals surface area contributed by atoms with Crippen LogP contribution in [0.25, 0.3) is 0 Å². The lowest BCUT2D eigenvalue weighted by Gasteiger charge is -2.27. The summed E-state index contributed by atoms with van der Waals surface area (Å²) in [6.45, 7) is 3.24. The summed E-state index contributed by atoms with van der Waals surface area (Å²) >= 11 is 0. The highest BCUT2D eigenvalue weighted by Crippen LogP contribution is 2.32. The van der Waals surface area contributed by atoms with Crippen LogP contribution in [-0.4, -0.2) is 0 Å². The van der Waals surface area contributed by atoms with Crippen molar-refractivity contribution < 1.29 is 4.57 Å². The first kappa shape index (κ1) is 13.6. The Morgan fingerprint density at radius 1 is 0.667 bits per heavy atom. The smallest absolute Gasteiger partial charge is 0.168 e. The minimum atomic E-state index is -0.0471. The first-order valence-electron chi connectivity index (χ1n) is 7.34. The molecule has 0 bridgehead atoms. The number of rotatable bonds is 4. The van der Waals surface area contributed by atoms with E-state index in [1.165, 1.54) is 11.1 Å². The molecule has 1 nitrogen and oxygen atoms in total. The van der Waals surface area contributed by atoms with Crippen LogP contribution < -0.4 is 4.57 Å². The van der Waals surface area contributed by atoms with E-state index in [0.717, 1.165) is 6.54 Å². The number of aromatic nitrogens is 1. The van der Waals surface area contributed by atoms with Gasteiger partial charge in [-0.05, 0) is 18.1 Å². The molecule has 3 rings (SSSR count). The van der Waals surface area contributed by atoms with Crippen molar-refractivity contribution >= 4 is 0 Å². The molecule has 0 aliphatic rings. The van der Waals surface area contributed by atoms with Crippen molar-refractivity contribution in [2.24, 2.45) is 0 Å². The fraction of sp³-hybridized carbons (Fsp3) is 0.150. The lowest BCUT2D eigenvalue weighted by Crippen LogP contribution is -2.44. The lowest BCUT2D eigenvalue weighted by atomic mass is 9.76. The van der Waals surface area contributed by atoms with Gasteiger partial charge in [-0.3, -0.25) is 0 Å². The first-order valence-corrected chi connectivity index (χ1v) is 7.34. The molecule has 0 N–H and O–H groups in total. The molecular weight excluding hydrogens is 254 g/mol. The van der Waals surface area contributed by atoms with Gasteiger partial charge in [0.25, 0.3) is 0 Å². The second kappa shape index (κ2) is 5.92. The second-order valence-corrected chi connectivity index (χ2v) is 5.61. The Morgan fingerprint density at radius 3 is 1.57 bits per heavy atom. The third-order valence-electron chi connectivity index (χ3n) is 4.10. The molecule has 0 atom stereocenters. The Balaban J connectivity index is 2.07. The average molecular weight is 274 g/mol. The summed E-state index contributed by atoms with van der Waals surface area (Å²) in [5.41, 5.74) is 2.63. The van der Waals surface area contributed by atoms with Gasteiger partial charge in [0.15, 0.2) is 18.9 Å². The summed E-state index contributed by atoms with van der Waals surface area (Å²) in [5, 5.41) is 0. The molecule has 3 aromatic rings. The van der Waals surface area contributed by atoms with Gasteiger partial charge >= 0.3 is 0 Å². The third-order valence-corrected chi connectivity index (χ3v) is 4.10. The predicted molar refractivity (Wildman–Crippen MR) is 86.0 cm³/mol. The van der Waals surface area contributed by atoms with E-state index in [0.29, 0.717) is 0 Å². The number of nitrogens with zero attached hydrogens (tertiary/aromatic N) is 1. The number of pyridine rings is 1. The molecule has 21 heavy (non-hydrogen) atoms. The monoisotopic (exact) mass is 274 g/mol. The highest BCUT2D eigenvalue weighted by Gasteiger charge is 2.33. The van der Waals surface area contributed by atoms with Crippen LogP contribution in [0.15, 0.2) is 91.3 Å². The average Bonchev–Trinajstić information content (AvgIpc) is 2.57. The van der Waals surface area contributed by atoms with Crippen molar-refractivity contribution in [2.45, 2.75) is 18.9 Å². The van der Waals surface area contributed by atoms with E-state index in [4.69, 9.17) is 0 Å². The van der Waals surface area contributed by atoms with Crippen LogP contribution in [-0.2, 0) is 12.0 Å². The minimum Gasteiger partial charge on any atom is -0.204 e. The summed E-state index contributed by atoms with van der Waals surface area (Å²) in [6.07, 6.45) is 4.26. The summed E-state index contributed by atoms with van der Waals surface area (Å²) < 4.78 is 2.25. The van der Waals surface area contributed by atoms with Crippen LogP contribution in [0.4, 0.5) is 0 Å². The zero-order valence-electron chi connectivity index (χ0n) is 12.3. The minimum absolute atomic E-state index is 0.0471. The van der Waals surface area contributed by atoms with Gasteiger partial charge in [-0.25, -0.2) is 4.57 Å². The van der Waals surface area contributed by atoms with E-state index >= 15 is 0 Å². The first-order chi connectivity index (χ1) is 10.3. The van der Waals surface area contributed by atoms with E-state index in [-0.39, 0.29) is 5.41 Å². The maximum Gasteiger partial charge on any atom is 0.168 e. The Bertz CT molecular complexity index is 635. The van der Waals surface area contributed by atoms with Crippen LogP contribution in [0, 0.1) is 0 Å². The van der Waals surface area contributed by atoms with Gasteiger partial charge in [0.1, 0.15) is 0 Å². The van der Waals surface area contributed by atoms with Crippen molar-refractivity contribution in [3.8, 4) is 0 Å². The molecule has 0 saturated heterocycles. The van der Waals surface area contributed by atoms with Crippen molar-refractivity contribution in [2.75, 3.05) is 0 Å². The number of benzene rings is 2. The Labute approximate surface area is 126 Å². The van der Waals surface area contributed by atoms with Crippen LogP contribution in [0.1, 0.15) is 18.1 Å². The zero-order chi connectivity index (χ0) is 14.5. The molecule has 1 heteroatoms. The van der Waals surface area contributed by atoms with Gasteiger partial charge < -0.3 is 0 Å². The highest BCUT2D eigenvalue weighted by atomic mass is 14.9. The molecule has 2 aromatic carbocycles. The molecule has 0 amide bonds. The molecule has 104 valence electrons. The molecule has 0 saturated carbocycles. The maximum atomic E-state index is 2.32. The van der Waals surface area contributed by atoms with E-state index in [9.17, 15) is 0 Å². The van der Waals surface area contributed by atoms with Crippen molar-refractivity contribution in [3.63, 3.8) is 0 Å². The maximum absolute atomic E-state index is 2.32. The molecule has 0 spiro atoms. The third kappa shape index (κ3) is 2.87.